The second-order valence-corrected chi connectivity index (χ2v) is 8.72. The fourth-order valence-corrected chi connectivity index (χ4v) is 4.57. The Kier molecular flexibility index (Phi) is 7.55. The molecule has 4 rings (SSSR count). The van der Waals surface area contributed by atoms with Crippen molar-refractivity contribution in [3.63, 3.8) is 0 Å². The summed E-state index contributed by atoms with van der Waals surface area (Å²) in [6.07, 6.45) is 3.35. The van der Waals surface area contributed by atoms with Crippen LogP contribution in [0.4, 0.5) is 4.39 Å². The Labute approximate surface area is 191 Å². The van der Waals surface area contributed by atoms with Gasteiger partial charge in [-0.2, -0.15) is 0 Å². The highest BCUT2D eigenvalue weighted by Gasteiger charge is 2.22. The summed E-state index contributed by atoms with van der Waals surface area (Å²) in [5, 5.41) is 9.69. The van der Waals surface area contributed by atoms with Crippen molar-refractivity contribution >= 4 is 17.5 Å². The summed E-state index contributed by atoms with van der Waals surface area (Å²) in [6.45, 7) is 1.49. The topological polar surface area (TPSA) is 66.2 Å². The Balaban J connectivity index is 1.42. The summed E-state index contributed by atoms with van der Waals surface area (Å²) < 4.78 is 26.3. The van der Waals surface area contributed by atoms with E-state index in [0.717, 1.165) is 47.5 Å². The Morgan fingerprint density at radius 3 is 2.66 bits per heavy atom. The van der Waals surface area contributed by atoms with Gasteiger partial charge in [-0.25, -0.2) is 4.39 Å². The van der Waals surface area contributed by atoms with E-state index in [2.05, 4.69) is 14.8 Å². The van der Waals surface area contributed by atoms with Gasteiger partial charge < -0.3 is 9.47 Å². The third-order valence-corrected chi connectivity index (χ3v) is 6.47. The number of Topliss-reactive ketones (excluding diaryl/α,β-unsaturated/α-hetero) is 1. The Hall–Kier alpha value is -2.71. The van der Waals surface area contributed by atoms with Crippen LogP contribution in [0.5, 0.6) is 5.75 Å². The smallest absolute Gasteiger partial charge is 0.191 e. The molecule has 0 amide bonds. The van der Waals surface area contributed by atoms with Crippen LogP contribution in [0.1, 0.15) is 36.0 Å². The predicted molar refractivity (Wildman–Crippen MR) is 122 cm³/mol. The van der Waals surface area contributed by atoms with Gasteiger partial charge in [-0.05, 0) is 67.8 Å². The fraction of sp³-hybridized carbons (Fsp3) is 0.375. The number of rotatable bonds is 10. The molecule has 0 N–H and O–H groups in total. The summed E-state index contributed by atoms with van der Waals surface area (Å²) in [6, 6.07) is 13.5. The van der Waals surface area contributed by atoms with Gasteiger partial charge in [0.1, 0.15) is 11.6 Å². The third-order valence-electron chi connectivity index (χ3n) is 5.42. The first-order chi connectivity index (χ1) is 15.6. The zero-order chi connectivity index (χ0) is 22.3. The van der Waals surface area contributed by atoms with Gasteiger partial charge in [-0.1, -0.05) is 11.8 Å². The van der Waals surface area contributed by atoms with E-state index in [1.54, 1.807) is 18.9 Å². The quantitative estimate of drug-likeness (QED) is 0.243. The molecule has 1 aliphatic heterocycles. The van der Waals surface area contributed by atoms with E-state index in [1.165, 1.54) is 24.3 Å². The third kappa shape index (κ3) is 5.55. The molecule has 1 aliphatic rings. The normalized spacial score (nSPS) is 15.8. The molecule has 0 radical (unpaired) electrons. The van der Waals surface area contributed by atoms with Crippen LogP contribution in [0, 0.1) is 5.82 Å². The molecule has 1 saturated heterocycles. The molecular weight excluding hydrogens is 429 g/mol. The first-order valence-electron chi connectivity index (χ1n) is 10.7. The molecule has 1 unspecified atom stereocenters. The number of aromatic nitrogens is 3. The number of hydrogen-bond acceptors (Lipinski definition) is 6. The van der Waals surface area contributed by atoms with Gasteiger partial charge in [-0.3, -0.25) is 9.36 Å². The number of methoxy groups -OCH3 is 1. The zero-order valence-electron chi connectivity index (χ0n) is 18.0. The van der Waals surface area contributed by atoms with Crippen LogP contribution in [0.2, 0.25) is 0 Å². The molecule has 0 bridgehead atoms. The number of carbonyl (C=O) groups excluding carboxylic acids is 1. The molecule has 2 aromatic carbocycles. The average molecular weight is 456 g/mol. The minimum absolute atomic E-state index is 0.0188. The molecule has 6 nitrogen and oxygen atoms in total. The van der Waals surface area contributed by atoms with Crippen molar-refractivity contribution in [1.29, 1.82) is 0 Å². The highest BCUT2D eigenvalue weighted by molar-refractivity contribution is 7.99. The minimum atomic E-state index is -0.338. The molecule has 8 heteroatoms. The maximum absolute atomic E-state index is 13.0. The van der Waals surface area contributed by atoms with Crippen LogP contribution in [0.25, 0.3) is 11.4 Å². The van der Waals surface area contributed by atoms with Gasteiger partial charge in [0.2, 0.25) is 0 Å². The molecule has 0 aliphatic carbocycles. The van der Waals surface area contributed by atoms with Crippen LogP contribution in [-0.4, -0.2) is 46.1 Å². The van der Waals surface area contributed by atoms with Gasteiger partial charge in [-0.15, -0.1) is 10.2 Å². The van der Waals surface area contributed by atoms with Crippen molar-refractivity contribution in [2.24, 2.45) is 0 Å². The SMILES string of the molecule is COc1ccc(-c2nnc(SCCCC(=O)c3ccc(F)cc3)n2CC2CCCO2)cc1. The maximum Gasteiger partial charge on any atom is 0.191 e. The molecule has 2 heterocycles. The van der Waals surface area contributed by atoms with Crippen LogP contribution in [0.3, 0.4) is 0 Å². The lowest BCUT2D eigenvalue weighted by molar-refractivity contribution is 0.0953. The lowest BCUT2D eigenvalue weighted by Crippen LogP contribution is -2.16. The fourth-order valence-electron chi connectivity index (χ4n) is 3.68. The number of carbonyl (C=O) groups is 1. The Bertz CT molecular complexity index is 1030. The van der Waals surface area contributed by atoms with Gasteiger partial charge in [0, 0.05) is 29.9 Å². The summed E-state index contributed by atoms with van der Waals surface area (Å²) >= 11 is 1.59. The van der Waals surface area contributed by atoms with E-state index < -0.39 is 0 Å². The van der Waals surface area contributed by atoms with Crippen molar-refractivity contribution in [2.75, 3.05) is 19.5 Å². The maximum atomic E-state index is 13.0. The second-order valence-electron chi connectivity index (χ2n) is 7.66. The van der Waals surface area contributed by atoms with Crippen molar-refractivity contribution in [3.8, 4) is 17.1 Å². The van der Waals surface area contributed by atoms with Crippen LogP contribution in [0.15, 0.2) is 53.7 Å². The van der Waals surface area contributed by atoms with Crippen LogP contribution >= 0.6 is 11.8 Å². The molecular formula is C24H26FN3O3S. The average Bonchev–Trinajstić information content (AvgIpc) is 3.48. The van der Waals surface area contributed by atoms with Gasteiger partial charge in [0.05, 0.1) is 19.8 Å². The van der Waals surface area contributed by atoms with Crippen molar-refractivity contribution < 1.29 is 18.7 Å². The molecule has 0 spiro atoms. The van der Waals surface area contributed by atoms with E-state index in [0.29, 0.717) is 24.9 Å². The number of benzene rings is 2. The zero-order valence-corrected chi connectivity index (χ0v) is 18.8. The monoisotopic (exact) mass is 455 g/mol. The number of nitrogens with zero attached hydrogens (tertiary/aromatic N) is 3. The molecule has 1 atom stereocenters. The van der Waals surface area contributed by atoms with Crippen molar-refractivity contribution in [1.82, 2.24) is 14.8 Å². The number of ether oxygens (including phenoxy) is 2. The van der Waals surface area contributed by atoms with Gasteiger partial charge in [0.25, 0.3) is 0 Å². The van der Waals surface area contributed by atoms with E-state index in [1.807, 2.05) is 24.3 Å². The Morgan fingerprint density at radius 2 is 1.97 bits per heavy atom. The standard InChI is InChI=1S/C24H26FN3O3S/c1-30-20-12-8-18(9-13-20)23-26-27-24(28(23)16-21-4-2-14-31-21)32-15-3-5-22(29)17-6-10-19(25)11-7-17/h6-13,21H,2-5,14-16H2,1H3. The van der Waals surface area contributed by atoms with Crippen molar-refractivity contribution in [2.45, 2.75) is 43.5 Å². The first-order valence-corrected chi connectivity index (χ1v) is 11.7. The molecule has 1 fully saturated rings. The lowest BCUT2D eigenvalue weighted by Gasteiger charge is -2.15. The number of hydrogen-bond donors (Lipinski definition) is 0. The molecule has 3 aromatic rings. The van der Waals surface area contributed by atoms with Crippen molar-refractivity contribution in [3.05, 3.63) is 59.9 Å². The largest absolute Gasteiger partial charge is 0.497 e. The molecule has 0 saturated carbocycles. The molecule has 1 aromatic heterocycles. The highest BCUT2D eigenvalue weighted by Crippen LogP contribution is 2.28. The van der Waals surface area contributed by atoms with E-state index in [-0.39, 0.29) is 17.7 Å². The lowest BCUT2D eigenvalue weighted by atomic mass is 10.1. The van der Waals surface area contributed by atoms with E-state index in [9.17, 15) is 9.18 Å². The number of ketones is 1. The minimum Gasteiger partial charge on any atom is -0.497 e. The molecule has 168 valence electrons. The summed E-state index contributed by atoms with van der Waals surface area (Å²) in [5.41, 5.74) is 1.51. The van der Waals surface area contributed by atoms with Gasteiger partial charge >= 0.3 is 0 Å². The second kappa shape index (κ2) is 10.7. The summed E-state index contributed by atoms with van der Waals surface area (Å²) in [7, 11) is 1.64. The molecule has 32 heavy (non-hydrogen) atoms. The number of halogens is 1. The predicted octanol–water partition coefficient (Wildman–Crippen LogP) is 5.03. The summed E-state index contributed by atoms with van der Waals surface area (Å²) in [4.78, 5) is 12.3. The van der Waals surface area contributed by atoms with E-state index in [4.69, 9.17) is 9.47 Å². The summed E-state index contributed by atoms with van der Waals surface area (Å²) in [5.74, 6) is 2.01. The van der Waals surface area contributed by atoms with E-state index >= 15 is 0 Å². The highest BCUT2D eigenvalue weighted by atomic mass is 32.2. The van der Waals surface area contributed by atoms with Crippen LogP contribution in [-0.2, 0) is 11.3 Å². The first kappa shape index (κ1) is 22.5. The van der Waals surface area contributed by atoms with Crippen LogP contribution < -0.4 is 4.74 Å². The number of thioether (sulfide) groups is 1. The van der Waals surface area contributed by atoms with Gasteiger partial charge in [0.15, 0.2) is 16.8 Å². The Morgan fingerprint density at radius 1 is 1.19 bits per heavy atom.